The van der Waals surface area contributed by atoms with Crippen LogP contribution in [0.4, 0.5) is 4.79 Å². The largest absolute Gasteiger partial charge is 0.469 e. The van der Waals surface area contributed by atoms with E-state index in [9.17, 15) is 9.59 Å². The van der Waals surface area contributed by atoms with Crippen molar-refractivity contribution in [1.29, 1.82) is 0 Å². The zero-order valence-corrected chi connectivity index (χ0v) is 15.9. The molecule has 0 radical (unpaired) electrons. The molecule has 0 aromatic heterocycles. The Morgan fingerprint density at radius 1 is 1.08 bits per heavy atom. The number of guanidine groups is 1. The highest BCUT2D eigenvalue weighted by Gasteiger charge is 2.24. The van der Waals surface area contributed by atoms with Crippen molar-refractivity contribution in [3.8, 4) is 0 Å². The van der Waals surface area contributed by atoms with Crippen LogP contribution in [0.5, 0.6) is 0 Å². The highest BCUT2D eigenvalue weighted by atomic mass is 16.6. The first-order valence-electron chi connectivity index (χ1n) is 8.09. The molecule has 0 bridgehead atoms. The van der Waals surface area contributed by atoms with E-state index in [0.29, 0.717) is 25.6 Å². The molecular formula is C16H32N4O4. The number of carbonyl (C=O) groups is 2. The summed E-state index contributed by atoms with van der Waals surface area (Å²) in [6.07, 6.45) is -0.230. The van der Waals surface area contributed by atoms with E-state index in [2.05, 4.69) is 25.7 Å². The fraction of sp³-hybridized carbons (Fsp3) is 0.812. The molecule has 3 N–H and O–H groups in total. The quantitative estimate of drug-likeness (QED) is 0.367. The number of hydrogen-bond acceptors (Lipinski definition) is 5. The van der Waals surface area contributed by atoms with Gasteiger partial charge >= 0.3 is 12.1 Å². The Bertz CT molecular complexity index is 442. The van der Waals surface area contributed by atoms with Crippen LogP contribution >= 0.6 is 0 Å². The number of alkyl carbamates (subject to hydrolysis) is 1. The molecule has 24 heavy (non-hydrogen) atoms. The molecule has 140 valence electrons. The molecule has 0 fully saturated rings. The Kier molecular flexibility index (Phi) is 9.17. The second-order valence-corrected chi connectivity index (χ2v) is 6.96. The number of methoxy groups -OCH3 is 1. The zero-order chi connectivity index (χ0) is 18.8. The van der Waals surface area contributed by atoms with E-state index in [-0.39, 0.29) is 12.4 Å². The van der Waals surface area contributed by atoms with Crippen LogP contribution in [0, 0.1) is 0 Å². The van der Waals surface area contributed by atoms with Gasteiger partial charge in [-0.1, -0.05) is 0 Å². The molecule has 0 heterocycles. The van der Waals surface area contributed by atoms with Crippen LogP contribution in [0.1, 0.15) is 48.0 Å². The van der Waals surface area contributed by atoms with E-state index < -0.39 is 17.2 Å². The van der Waals surface area contributed by atoms with Crippen LogP contribution in [0.25, 0.3) is 0 Å². The van der Waals surface area contributed by atoms with Crippen molar-refractivity contribution in [1.82, 2.24) is 16.0 Å². The number of nitrogens with one attached hydrogen (secondary N) is 3. The van der Waals surface area contributed by atoms with Gasteiger partial charge in [0.1, 0.15) is 5.60 Å². The summed E-state index contributed by atoms with van der Waals surface area (Å²) in [6.45, 7) is 12.5. The predicted molar refractivity (Wildman–Crippen MR) is 94.1 cm³/mol. The van der Waals surface area contributed by atoms with Gasteiger partial charge in [-0.05, 0) is 41.5 Å². The minimum absolute atomic E-state index is 0.250. The smallest absolute Gasteiger partial charge is 0.408 e. The van der Waals surface area contributed by atoms with Crippen molar-refractivity contribution in [3.05, 3.63) is 0 Å². The third kappa shape index (κ3) is 11.6. The Morgan fingerprint density at radius 3 is 2.21 bits per heavy atom. The average molecular weight is 344 g/mol. The molecule has 0 rings (SSSR count). The molecule has 0 unspecified atom stereocenters. The van der Waals surface area contributed by atoms with Gasteiger partial charge < -0.3 is 25.4 Å². The van der Waals surface area contributed by atoms with Gasteiger partial charge in [-0.3, -0.25) is 9.79 Å². The Morgan fingerprint density at radius 2 is 1.71 bits per heavy atom. The number of nitrogens with zero attached hydrogens (tertiary/aromatic N) is 1. The van der Waals surface area contributed by atoms with Gasteiger partial charge in [-0.2, -0.15) is 0 Å². The van der Waals surface area contributed by atoms with E-state index in [1.54, 1.807) is 0 Å². The third-order valence-electron chi connectivity index (χ3n) is 2.67. The maximum Gasteiger partial charge on any atom is 0.408 e. The molecule has 1 amide bonds. The molecule has 0 saturated heterocycles. The maximum atomic E-state index is 11.9. The molecule has 0 atom stereocenters. The normalized spacial score (nSPS) is 12.4. The summed E-state index contributed by atoms with van der Waals surface area (Å²) in [5.74, 6) is 0.283. The number of ether oxygens (including phenoxy) is 2. The van der Waals surface area contributed by atoms with Gasteiger partial charge in [0.05, 0.1) is 25.6 Å². The second kappa shape index (κ2) is 10.00. The van der Waals surface area contributed by atoms with E-state index in [1.807, 2.05) is 41.5 Å². The lowest BCUT2D eigenvalue weighted by atomic mass is 10.1. The van der Waals surface area contributed by atoms with Crippen molar-refractivity contribution in [2.45, 2.75) is 59.1 Å². The van der Waals surface area contributed by atoms with Gasteiger partial charge in [0.25, 0.3) is 0 Å². The predicted octanol–water partition coefficient (Wildman–Crippen LogP) is 1.41. The highest BCUT2D eigenvalue weighted by molar-refractivity contribution is 5.80. The molecule has 8 nitrogen and oxygen atoms in total. The summed E-state index contributed by atoms with van der Waals surface area (Å²) in [7, 11) is 1.35. The van der Waals surface area contributed by atoms with E-state index in [0.717, 1.165) is 0 Å². The van der Waals surface area contributed by atoms with E-state index >= 15 is 0 Å². The molecule has 0 saturated carbocycles. The SMILES string of the molecule is CCNC(=NCC(C)(C)NC(=O)OC(C)(C)C)NCCC(=O)OC. The summed E-state index contributed by atoms with van der Waals surface area (Å²) >= 11 is 0. The first kappa shape index (κ1) is 22.0. The van der Waals surface area contributed by atoms with Gasteiger partial charge in [-0.25, -0.2) is 4.79 Å². The minimum atomic E-state index is -0.576. The number of hydrogen-bond donors (Lipinski definition) is 3. The lowest BCUT2D eigenvalue weighted by Crippen LogP contribution is -2.49. The lowest BCUT2D eigenvalue weighted by molar-refractivity contribution is -0.140. The first-order valence-corrected chi connectivity index (χ1v) is 8.09. The second-order valence-electron chi connectivity index (χ2n) is 6.96. The lowest BCUT2D eigenvalue weighted by Gasteiger charge is -2.27. The number of carbonyl (C=O) groups excluding carboxylic acids is 2. The third-order valence-corrected chi connectivity index (χ3v) is 2.67. The number of aliphatic imine (C=N–C) groups is 1. The van der Waals surface area contributed by atoms with Crippen LogP contribution in [-0.2, 0) is 14.3 Å². The fourth-order valence-corrected chi connectivity index (χ4v) is 1.62. The fourth-order valence-electron chi connectivity index (χ4n) is 1.62. The minimum Gasteiger partial charge on any atom is -0.469 e. The Hall–Kier alpha value is -1.99. The van der Waals surface area contributed by atoms with Crippen molar-refractivity contribution in [3.63, 3.8) is 0 Å². The van der Waals surface area contributed by atoms with Crippen LogP contribution in [-0.4, -0.2) is 55.9 Å². The first-order chi connectivity index (χ1) is 11.0. The average Bonchev–Trinajstić information content (AvgIpc) is 2.41. The highest BCUT2D eigenvalue weighted by Crippen LogP contribution is 2.09. The van der Waals surface area contributed by atoms with Crippen LogP contribution in [0.3, 0.4) is 0 Å². The zero-order valence-electron chi connectivity index (χ0n) is 15.9. The molecule has 0 aliphatic carbocycles. The van der Waals surface area contributed by atoms with Gasteiger partial charge in [0.15, 0.2) is 5.96 Å². The summed E-state index contributed by atoms with van der Waals surface area (Å²) in [5.41, 5.74) is -1.12. The standard InChI is InChI=1S/C16H32N4O4/c1-8-17-13(18-10-9-12(21)23-7)19-11-16(5,6)20-14(22)24-15(2,3)4/h8-11H2,1-7H3,(H,20,22)(H2,17,18,19). The number of rotatable bonds is 7. The number of esters is 1. The molecular weight excluding hydrogens is 312 g/mol. The van der Waals surface area contributed by atoms with Gasteiger partial charge in [-0.15, -0.1) is 0 Å². The van der Waals surface area contributed by atoms with Crippen LogP contribution in [0.2, 0.25) is 0 Å². The van der Waals surface area contributed by atoms with Gasteiger partial charge in [0, 0.05) is 13.1 Å². The summed E-state index contributed by atoms with van der Waals surface area (Å²) < 4.78 is 9.84. The van der Waals surface area contributed by atoms with Crippen LogP contribution in [0.15, 0.2) is 4.99 Å². The summed E-state index contributed by atoms with van der Waals surface area (Å²) in [4.78, 5) is 27.4. The molecule has 8 heteroatoms. The topological polar surface area (TPSA) is 101 Å². The molecule has 0 aromatic rings. The van der Waals surface area contributed by atoms with Crippen LogP contribution < -0.4 is 16.0 Å². The summed E-state index contributed by atoms with van der Waals surface area (Å²) in [6, 6.07) is 0. The van der Waals surface area contributed by atoms with Crippen molar-refractivity contribution in [2.75, 3.05) is 26.7 Å². The van der Waals surface area contributed by atoms with Crippen molar-refractivity contribution < 1.29 is 19.1 Å². The molecule has 0 aliphatic rings. The monoisotopic (exact) mass is 344 g/mol. The summed E-state index contributed by atoms with van der Waals surface area (Å²) in [5, 5.41) is 8.92. The van der Waals surface area contributed by atoms with Crippen molar-refractivity contribution >= 4 is 18.0 Å². The van der Waals surface area contributed by atoms with E-state index in [4.69, 9.17) is 4.74 Å². The number of amides is 1. The van der Waals surface area contributed by atoms with Gasteiger partial charge in [0.2, 0.25) is 0 Å². The molecule has 0 aliphatic heterocycles. The molecule has 0 spiro atoms. The Labute approximate surface area is 144 Å². The van der Waals surface area contributed by atoms with Crippen molar-refractivity contribution in [2.24, 2.45) is 4.99 Å². The maximum absolute atomic E-state index is 11.9. The van der Waals surface area contributed by atoms with E-state index in [1.165, 1.54) is 7.11 Å². The Balaban J connectivity index is 4.57. The molecule has 0 aromatic carbocycles.